The summed E-state index contributed by atoms with van der Waals surface area (Å²) in [6, 6.07) is 12.5. The molecule has 0 aromatic heterocycles. The number of nitrogens with one attached hydrogen (secondary N) is 1. The van der Waals surface area contributed by atoms with Crippen molar-refractivity contribution in [1.29, 1.82) is 0 Å². The quantitative estimate of drug-likeness (QED) is 0.688. The summed E-state index contributed by atoms with van der Waals surface area (Å²) in [7, 11) is -4.02. The first kappa shape index (κ1) is 15.3. The van der Waals surface area contributed by atoms with Gasteiger partial charge in [0.2, 0.25) is 0 Å². The minimum absolute atomic E-state index is 0.262. The molecule has 1 heterocycles. The van der Waals surface area contributed by atoms with Crippen molar-refractivity contribution >= 4 is 27.1 Å². The molecule has 23 heavy (non-hydrogen) atoms. The molecule has 7 nitrogen and oxygen atoms in total. The maximum Gasteiger partial charge on any atom is 0.289 e. The fourth-order valence-electron chi connectivity index (χ4n) is 2.60. The van der Waals surface area contributed by atoms with E-state index in [0.29, 0.717) is 24.3 Å². The normalized spacial score (nSPS) is 14.5. The van der Waals surface area contributed by atoms with E-state index < -0.39 is 20.6 Å². The molecule has 1 aliphatic heterocycles. The Morgan fingerprint density at radius 3 is 2.57 bits per heavy atom. The number of fused-ring (bicyclic) bond motifs is 1. The summed E-state index contributed by atoms with van der Waals surface area (Å²) in [5.74, 6) is 0. The van der Waals surface area contributed by atoms with E-state index >= 15 is 0 Å². The molecule has 0 amide bonds. The Labute approximate surface area is 133 Å². The lowest BCUT2D eigenvalue weighted by Gasteiger charge is -2.23. The summed E-state index contributed by atoms with van der Waals surface area (Å²) in [5, 5.41) is 14.4. The van der Waals surface area contributed by atoms with Crippen molar-refractivity contribution in [2.75, 3.05) is 22.7 Å². The average molecular weight is 333 g/mol. The first-order valence-corrected chi connectivity index (χ1v) is 8.55. The largest absolute Gasteiger partial charge is 0.383 e. The van der Waals surface area contributed by atoms with Crippen molar-refractivity contribution in [1.82, 2.24) is 0 Å². The van der Waals surface area contributed by atoms with Gasteiger partial charge in [-0.3, -0.25) is 14.4 Å². The SMILES string of the molecule is O=[N+]([O-])c1ccccc1S(=O)(=O)N1CCCNc2ccccc21. The summed E-state index contributed by atoms with van der Waals surface area (Å²) < 4.78 is 27.3. The van der Waals surface area contributed by atoms with Crippen LogP contribution in [0.4, 0.5) is 17.1 Å². The van der Waals surface area contributed by atoms with E-state index in [-0.39, 0.29) is 11.4 Å². The molecule has 0 aliphatic carbocycles. The zero-order chi connectivity index (χ0) is 16.4. The lowest BCUT2D eigenvalue weighted by molar-refractivity contribution is -0.387. The van der Waals surface area contributed by atoms with Gasteiger partial charge >= 0.3 is 0 Å². The van der Waals surface area contributed by atoms with Crippen LogP contribution >= 0.6 is 0 Å². The monoisotopic (exact) mass is 333 g/mol. The van der Waals surface area contributed by atoms with Crippen LogP contribution in [0.2, 0.25) is 0 Å². The molecule has 3 rings (SSSR count). The van der Waals surface area contributed by atoms with Crippen LogP contribution in [0.15, 0.2) is 53.4 Å². The Bertz CT molecular complexity index is 851. The van der Waals surface area contributed by atoms with Crippen LogP contribution < -0.4 is 9.62 Å². The second kappa shape index (κ2) is 5.88. The molecule has 0 atom stereocenters. The van der Waals surface area contributed by atoms with Gasteiger partial charge in [0.25, 0.3) is 15.7 Å². The maximum atomic E-state index is 13.0. The molecular weight excluding hydrogens is 318 g/mol. The predicted octanol–water partition coefficient (Wildman–Crippen LogP) is 2.61. The lowest BCUT2D eigenvalue weighted by atomic mass is 10.2. The number of sulfonamides is 1. The second-order valence-corrected chi connectivity index (χ2v) is 6.93. The van der Waals surface area contributed by atoms with Gasteiger partial charge in [-0.1, -0.05) is 24.3 Å². The average Bonchev–Trinajstić information content (AvgIpc) is 2.77. The number of hydrogen-bond donors (Lipinski definition) is 1. The van der Waals surface area contributed by atoms with Crippen molar-refractivity contribution in [3.63, 3.8) is 0 Å². The third kappa shape index (κ3) is 2.72. The molecule has 0 spiro atoms. The van der Waals surface area contributed by atoms with E-state index in [1.807, 2.05) is 6.07 Å². The van der Waals surface area contributed by atoms with E-state index in [1.165, 1.54) is 28.6 Å². The first-order chi connectivity index (χ1) is 11.0. The number of nitro benzene ring substituents is 1. The van der Waals surface area contributed by atoms with Gasteiger partial charge in [-0.25, -0.2) is 8.42 Å². The molecule has 0 fully saturated rings. The van der Waals surface area contributed by atoms with E-state index in [1.54, 1.807) is 18.2 Å². The first-order valence-electron chi connectivity index (χ1n) is 7.11. The van der Waals surface area contributed by atoms with Gasteiger partial charge in [-0.15, -0.1) is 0 Å². The highest BCUT2D eigenvalue weighted by Crippen LogP contribution is 2.35. The second-order valence-electron chi connectivity index (χ2n) is 5.10. The highest BCUT2D eigenvalue weighted by Gasteiger charge is 2.33. The Morgan fingerprint density at radius 2 is 1.78 bits per heavy atom. The third-order valence-corrected chi connectivity index (χ3v) is 5.52. The van der Waals surface area contributed by atoms with Crippen LogP contribution in [0.5, 0.6) is 0 Å². The van der Waals surface area contributed by atoms with Crippen molar-refractivity contribution in [3.8, 4) is 0 Å². The van der Waals surface area contributed by atoms with Crippen LogP contribution in [0.1, 0.15) is 6.42 Å². The number of para-hydroxylation sites is 3. The van der Waals surface area contributed by atoms with Crippen molar-refractivity contribution in [2.24, 2.45) is 0 Å². The molecule has 8 heteroatoms. The van der Waals surface area contributed by atoms with Crippen LogP contribution in [-0.4, -0.2) is 26.4 Å². The smallest absolute Gasteiger partial charge is 0.289 e. The predicted molar refractivity (Wildman–Crippen MR) is 87.2 cm³/mol. The summed E-state index contributed by atoms with van der Waals surface area (Å²) in [4.78, 5) is 10.2. The molecule has 0 unspecified atom stereocenters. The van der Waals surface area contributed by atoms with Crippen molar-refractivity contribution < 1.29 is 13.3 Å². The number of benzene rings is 2. The molecule has 0 saturated carbocycles. The van der Waals surface area contributed by atoms with Gasteiger partial charge < -0.3 is 5.32 Å². The van der Waals surface area contributed by atoms with Gasteiger partial charge in [0.1, 0.15) is 0 Å². The molecule has 0 radical (unpaired) electrons. The van der Waals surface area contributed by atoms with E-state index in [0.717, 1.165) is 0 Å². The summed E-state index contributed by atoms with van der Waals surface area (Å²) >= 11 is 0. The Balaban J connectivity index is 2.16. The highest BCUT2D eigenvalue weighted by molar-refractivity contribution is 7.93. The van der Waals surface area contributed by atoms with Crippen LogP contribution in [0.3, 0.4) is 0 Å². The summed E-state index contributed by atoms with van der Waals surface area (Å²) in [6.45, 7) is 0.901. The molecule has 0 saturated heterocycles. The molecular formula is C15H15N3O4S. The lowest BCUT2D eigenvalue weighted by Crippen LogP contribution is -2.32. The number of anilines is 2. The van der Waals surface area contributed by atoms with Gasteiger partial charge in [-0.05, 0) is 24.6 Å². The molecule has 2 aromatic carbocycles. The topological polar surface area (TPSA) is 92.5 Å². The number of hydrogen-bond acceptors (Lipinski definition) is 5. The maximum absolute atomic E-state index is 13.0. The number of nitro groups is 1. The third-order valence-electron chi connectivity index (χ3n) is 3.66. The molecule has 120 valence electrons. The molecule has 1 N–H and O–H groups in total. The standard InChI is InChI=1S/C15H15N3O4S/c19-18(20)14-8-3-4-9-15(14)23(21,22)17-11-5-10-16-12-6-1-2-7-13(12)17/h1-4,6-9,16H,5,10-11H2. The Morgan fingerprint density at radius 1 is 1.09 bits per heavy atom. The van der Waals surface area contributed by atoms with Gasteiger partial charge in [-0.2, -0.15) is 0 Å². The number of nitrogens with zero attached hydrogens (tertiary/aromatic N) is 2. The minimum atomic E-state index is -4.02. The Hall–Kier alpha value is -2.61. The molecule has 1 aliphatic rings. The Kier molecular flexibility index (Phi) is 3.91. The van der Waals surface area contributed by atoms with Crippen LogP contribution in [0.25, 0.3) is 0 Å². The number of rotatable bonds is 3. The van der Waals surface area contributed by atoms with Crippen molar-refractivity contribution in [3.05, 3.63) is 58.6 Å². The molecule has 2 aromatic rings. The van der Waals surface area contributed by atoms with Crippen molar-refractivity contribution in [2.45, 2.75) is 11.3 Å². The van der Waals surface area contributed by atoms with Gasteiger partial charge in [0, 0.05) is 19.2 Å². The van der Waals surface area contributed by atoms with E-state index in [9.17, 15) is 18.5 Å². The molecule has 0 bridgehead atoms. The highest BCUT2D eigenvalue weighted by atomic mass is 32.2. The van der Waals surface area contributed by atoms with Gasteiger partial charge in [0.15, 0.2) is 4.90 Å². The fourth-order valence-corrected chi connectivity index (χ4v) is 4.28. The summed E-state index contributed by atoms with van der Waals surface area (Å²) in [6.07, 6.45) is 0.606. The zero-order valence-electron chi connectivity index (χ0n) is 12.2. The minimum Gasteiger partial charge on any atom is -0.383 e. The summed E-state index contributed by atoms with van der Waals surface area (Å²) in [5.41, 5.74) is 0.789. The van der Waals surface area contributed by atoms with Crippen LogP contribution in [-0.2, 0) is 10.0 Å². The fraction of sp³-hybridized carbons (Fsp3) is 0.200. The van der Waals surface area contributed by atoms with E-state index in [4.69, 9.17) is 0 Å². The zero-order valence-corrected chi connectivity index (χ0v) is 13.0. The van der Waals surface area contributed by atoms with E-state index in [2.05, 4.69) is 5.32 Å². The van der Waals surface area contributed by atoms with Gasteiger partial charge in [0.05, 0.1) is 16.3 Å². The van der Waals surface area contributed by atoms with Crippen LogP contribution in [0, 0.1) is 10.1 Å².